The van der Waals surface area contributed by atoms with Crippen molar-refractivity contribution in [1.29, 1.82) is 0 Å². The molecule has 264 valence electrons. The van der Waals surface area contributed by atoms with Crippen LogP contribution in [0, 0.1) is 23.7 Å². The normalized spacial score (nSPS) is 11.3. The first-order valence-electron chi connectivity index (χ1n) is 15.2. The summed E-state index contributed by atoms with van der Waals surface area (Å²) in [5.74, 6) is 12.0. The number of halogens is 1. The number of nitrogens with zero attached hydrogens (tertiary/aromatic N) is 7. The Bertz CT molecular complexity index is 1910. The van der Waals surface area contributed by atoms with Crippen LogP contribution in [0.2, 0.25) is 0 Å². The van der Waals surface area contributed by atoms with Crippen LogP contribution in [0.5, 0.6) is 0 Å². The third-order valence-electron chi connectivity index (χ3n) is 6.49. The number of hydrogen-bond donors (Lipinski definition) is 3. The Morgan fingerprint density at radius 1 is 0.824 bits per heavy atom. The van der Waals surface area contributed by atoms with Crippen molar-refractivity contribution in [2.45, 2.75) is 38.9 Å². The van der Waals surface area contributed by atoms with E-state index in [0.717, 1.165) is 28.7 Å². The van der Waals surface area contributed by atoms with E-state index in [-0.39, 0.29) is 24.3 Å². The number of amidine groups is 1. The Labute approximate surface area is 301 Å². The largest absolute Gasteiger partial charge is 0.479 e. The monoisotopic (exact) mass is 712 g/mol. The summed E-state index contributed by atoms with van der Waals surface area (Å²) in [4.78, 5) is 30.6. The van der Waals surface area contributed by atoms with Crippen LogP contribution in [-0.2, 0) is 14.3 Å². The van der Waals surface area contributed by atoms with Crippen LogP contribution in [0.1, 0.15) is 66.6 Å². The summed E-state index contributed by atoms with van der Waals surface area (Å²) in [6.45, 7) is 3.76. The van der Waals surface area contributed by atoms with E-state index in [9.17, 15) is 4.79 Å². The van der Waals surface area contributed by atoms with Gasteiger partial charge in [-0.15, -0.1) is 12.4 Å². The van der Waals surface area contributed by atoms with Crippen molar-refractivity contribution in [2.24, 2.45) is 10.9 Å². The number of nitrogens with two attached hydrogens (primary N) is 1. The van der Waals surface area contributed by atoms with E-state index in [2.05, 4.69) is 63.7 Å². The van der Waals surface area contributed by atoms with E-state index in [0.29, 0.717) is 29.5 Å². The summed E-state index contributed by atoms with van der Waals surface area (Å²) in [6.07, 6.45) is 10.5. The number of methoxy groups -OCH3 is 2. The molecule has 5 aromatic heterocycles. The average Bonchev–Trinajstić information content (AvgIpc) is 3.65. The van der Waals surface area contributed by atoms with Gasteiger partial charge in [0.25, 0.3) is 5.89 Å². The fraction of sp³-hybridized carbons (Fsp3) is 0.222. The highest BCUT2D eigenvalue weighted by molar-refractivity contribution is 5.95. The maximum atomic E-state index is 10.0. The summed E-state index contributed by atoms with van der Waals surface area (Å²) >= 11 is 0. The lowest BCUT2D eigenvalue weighted by Crippen LogP contribution is -2.20. The van der Waals surface area contributed by atoms with Gasteiger partial charge in [0.05, 0.1) is 0 Å². The molecule has 14 nitrogen and oxygen atoms in total. The Kier molecular flexibility index (Phi) is 18.0. The van der Waals surface area contributed by atoms with Crippen LogP contribution in [-0.4, -0.2) is 72.5 Å². The Morgan fingerprint density at radius 2 is 1.37 bits per heavy atom. The van der Waals surface area contributed by atoms with E-state index in [1.54, 1.807) is 63.3 Å². The zero-order valence-electron chi connectivity index (χ0n) is 28.3. The number of pyridine rings is 4. The van der Waals surface area contributed by atoms with E-state index in [1.807, 2.05) is 43.3 Å². The molecule has 51 heavy (non-hydrogen) atoms. The molecule has 0 aliphatic carbocycles. The maximum absolute atomic E-state index is 10.0. The van der Waals surface area contributed by atoms with Crippen LogP contribution < -0.4 is 5.73 Å². The van der Waals surface area contributed by atoms with Gasteiger partial charge < -0.3 is 30.0 Å². The van der Waals surface area contributed by atoms with E-state index < -0.39 is 12.1 Å². The third-order valence-corrected chi connectivity index (χ3v) is 6.49. The summed E-state index contributed by atoms with van der Waals surface area (Å²) in [7, 11) is 3.01. The number of carbonyl (C=O) groups is 1. The van der Waals surface area contributed by atoms with Gasteiger partial charge in [-0.3, -0.25) is 19.9 Å². The number of ether oxygens (including phenoxy) is 2. The first-order valence-corrected chi connectivity index (χ1v) is 15.2. The number of carboxylic acids is 1. The first kappa shape index (κ1) is 41.0. The topological polar surface area (TPSA) is 205 Å². The molecule has 15 heteroatoms. The highest BCUT2D eigenvalue weighted by Gasteiger charge is 2.17. The van der Waals surface area contributed by atoms with Gasteiger partial charge in [0.15, 0.2) is 11.9 Å². The predicted octanol–water partition coefficient (Wildman–Crippen LogP) is 4.91. The second-order valence-electron chi connectivity index (χ2n) is 9.88. The Hall–Kier alpha value is -6.19. The number of hydrogen-bond acceptors (Lipinski definition) is 12. The second-order valence-corrected chi connectivity index (χ2v) is 9.88. The third kappa shape index (κ3) is 13.7. The minimum absolute atomic E-state index is 0. The van der Waals surface area contributed by atoms with Gasteiger partial charge in [-0.1, -0.05) is 47.8 Å². The van der Waals surface area contributed by atoms with Crippen molar-refractivity contribution in [1.82, 2.24) is 30.1 Å². The number of aromatic nitrogens is 6. The zero-order chi connectivity index (χ0) is 36.1. The molecule has 2 unspecified atom stereocenters. The maximum Gasteiger partial charge on any atom is 0.332 e. The summed E-state index contributed by atoms with van der Waals surface area (Å²) in [5, 5.41) is 23.6. The van der Waals surface area contributed by atoms with Crippen molar-refractivity contribution >= 4 is 24.2 Å². The van der Waals surface area contributed by atoms with Gasteiger partial charge in [-0.2, -0.15) is 4.98 Å². The molecule has 5 aromatic rings. The van der Waals surface area contributed by atoms with Crippen molar-refractivity contribution < 1.29 is 29.1 Å². The van der Waals surface area contributed by atoms with Crippen LogP contribution in [0.4, 0.5) is 0 Å². The fourth-order valence-electron chi connectivity index (χ4n) is 3.78. The lowest BCUT2D eigenvalue weighted by atomic mass is 10.2. The molecule has 0 spiro atoms. The first-order chi connectivity index (χ1) is 24.3. The predicted molar refractivity (Wildman–Crippen MR) is 191 cm³/mol. The van der Waals surface area contributed by atoms with Gasteiger partial charge in [-0.25, -0.2) is 4.79 Å². The molecule has 0 bridgehead atoms. The highest BCUT2D eigenvalue weighted by atomic mass is 35.5. The lowest BCUT2D eigenvalue weighted by molar-refractivity contribution is -0.148. The SMILES string of the molecule is CCC(OC)C(=O)O.CCC(OC)c1nc(-c2ccc(C#Cc3ccncc3)cn2)no1.Cl.N/C(=N\O)c1ccc(C#Cc2ccncc2)cn1. The van der Waals surface area contributed by atoms with Gasteiger partial charge in [-0.05, 0) is 61.4 Å². The van der Waals surface area contributed by atoms with E-state index in [1.165, 1.54) is 7.11 Å². The van der Waals surface area contributed by atoms with Crippen LogP contribution in [0.15, 0.2) is 95.4 Å². The summed E-state index contributed by atoms with van der Waals surface area (Å²) in [5.41, 5.74) is 9.79. The quantitative estimate of drug-likeness (QED) is 0.0644. The van der Waals surface area contributed by atoms with Crippen molar-refractivity contribution in [3.63, 3.8) is 0 Å². The minimum Gasteiger partial charge on any atom is -0.479 e. The standard InChI is InChI=1S/C18H16N4O2.C13H10N4O.C5H10O3.ClH/c1-3-16(23-2)18-21-17(22-24-18)15-7-6-14(12-20-15)5-4-13-8-10-19-11-9-13;14-13(17-18)12-4-3-11(9-16-12)2-1-10-5-7-15-8-6-10;1-3-4(8-2)5(6)7;/h6-12,16H,3H2,1-2H3;3-9,18H,(H2,14,17);4H,3H2,1-2H3,(H,6,7);1H. The highest BCUT2D eigenvalue weighted by Crippen LogP contribution is 2.21. The van der Waals surface area contributed by atoms with Gasteiger partial charge >= 0.3 is 5.97 Å². The van der Waals surface area contributed by atoms with Gasteiger partial charge in [0, 0.05) is 73.7 Å². The summed E-state index contributed by atoms with van der Waals surface area (Å²) < 4.78 is 15.1. The molecule has 0 aromatic carbocycles. The number of aliphatic carboxylic acids is 1. The van der Waals surface area contributed by atoms with Crippen LogP contribution in [0.3, 0.4) is 0 Å². The smallest absolute Gasteiger partial charge is 0.332 e. The second kappa shape index (κ2) is 22.4. The number of carboxylic acid groups (broad SMARTS) is 1. The van der Waals surface area contributed by atoms with Crippen molar-refractivity contribution in [3.8, 4) is 35.2 Å². The van der Waals surface area contributed by atoms with Crippen molar-refractivity contribution in [2.75, 3.05) is 14.2 Å². The summed E-state index contributed by atoms with van der Waals surface area (Å²) in [6, 6.07) is 14.5. The molecule has 0 saturated carbocycles. The zero-order valence-corrected chi connectivity index (χ0v) is 29.1. The molecule has 2 atom stereocenters. The van der Waals surface area contributed by atoms with Crippen LogP contribution in [0.25, 0.3) is 11.5 Å². The van der Waals surface area contributed by atoms with Gasteiger partial charge in [0.1, 0.15) is 17.5 Å². The number of oxime groups is 1. The molecular weight excluding hydrogens is 676 g/mol. The molecule has 0 radical (unpaired) electrons. The Balaban J connectivity index is 0.000000295. The molecule has 5 heterocycles. The van der Waals surface area contributed by atoms with Crippen molar-refractivity contribution in [3.05, 3.63) is 120 Å². The fourth-order valence-corrected chi connectivity index (χ4v) is 3.78. The molecule has 5 rings (SSSR count). The minimum atomic E-state index is -0.894. The average molecular weight is 713 g/mol. The lowest BCUT2D eigenvalue weighted by Gasteiger charge is -2.05. The molecule has 4 N–H and O–H groups in total. The molecular formula is C36H37ClN8O6. The molecule has 0 aliphatic heterocycles. The van der Waals surface area contributed by atoms with Crippen LogP contribution >= 0.6 is 12.4 Å². The molecule has 0 amide bonds. The van der Waals surface area contributed by atoms with E-state index >= 15 is 0 Å². The molecule has 0 aliphatic rings. The Morgan fingerprint density at radius 3 is 1.76 bits per heavy atom. The van der Waals surface area contributed by atoms with Gasteiger partial charge in [0.2, 0.25) is 5.82 Å². The number of rotatable bonds is 8. The molecule has 0 fully saturated rings. The van der Waals surface area contributed by atoms with E-state index in [4.69, 9.17) is 25.3 Å². The molecule has 0 saturated heterocycles.